The third-order valence-electron chi connectivity index (χ3n) is 3.45. The number of carbonyl (C=O) groups is 1. The van der Waals surface area contributed by atoms with Crippen LogP contribution < -0.4 is 15.6 Å². The van der Waals surface area contributed by atoms with Gasteiger partial charge < -0.3 is 14.6 Å². The molecule has 0 unspecified atom stereocenters. The van der Waals surface area contributed by atoms with Crippen molar-refractivity contribution in [1.29, 1.82) is 0 Å². The number of hydrogen-bond acceptors (Lipinski definition) is 5. The minimum atomic E-state index is -0.610. The average Bonchev–Trinajstić information content (AvgIpc) is 2.60. The van der Waals surface area contributed by atoms with E-state index < -0.39 is 10.8 Å². The van der Waals surface area contributed by atoms with Crippen LogP contribution >= 0.6 is 11.6 Å². The first-order valence-electron chi connectivity index (χ1n) is 7.39. The Morgan fingerprint density at radius 1 is 1.36 bits per heavy atom. The van der Waals surface area contributed by atoms with E-state index in [1.807, 2.05) is 0 Å². The highest BCUT2D eigenvalue weighted by molar-refractivity contribution is 6.30. The molecule has 0 spiro atoms. The second-order valence-electron chi connectivity index (χ2n) is 5.13. The van der Waals surface area contributed by atoms with Crippen LogP contribution in [0.15, 0.2) is 41.3 Å². The zero-order valence-corrected chi connectivity index (χ0v) is 14.2. The number of nitro benzene ring substituents is 1. The fourth-order valence-electron chi connectivity index (χ4n) is 2.20. The van der Waals surface area contributed by atoms with Gasteiger partial charge >= 0.3 is 5.69 Å². The number of pyridine rings is 1. The zero-order valence-electron chi connectivity index (χ0n) is 13.4. The second-order valence-corrected chi connectivity index (χ2v) is 5.57. The Labute approximate surface area is 148 Å². The van der Waals surface area contributed by atoms with Gasteiger partial charge in [-0.2, -0.15) is 0 Å². The second kappa shape index (κ2) is 8.29. The summed E-state index contributed by atoms with van der Waals surface area (Å²) in [6.07, 6.45) is 2.03. The van der Waals surface area contributed by atoms with Gasteiger partial charge in [-0.15, -0.1) is 0 Å². The van der Waals surface area contributed by atoms with Gasteiger partial charge in [-0.3, -0.25) is 19.7 Å². The predicted molar refractivity (Wildman–Crippen MR) is 92.3 cm³/mol. The monoisotopic (exact) mass is 365 g/mol. The summed E-state index contributed by atoms with van der Waals surface area (Å²) >= 11 is 5.83. The molecule has 8 nitrogen and oxygen atoms in total. The molecule has 0 aliphatic heterocycles. The highest BCUT2D eigenvalue weighted by Gasteiger charge is 2.17. The third-order valence-corrected chi connectivity index (χ3v) is 3.67. The van der Waals surface area contributed by atoms with Crippen LogP contribution in [-0.4, -0.2) is 29.1 Å². The minimum absolute atomic E-state index is 0.0851. The van der Waals surface area contributed by atoms with Gasteiger partial charge in [-0.25, -0.2) is 0 Å². The molecule has 1 aromatic carbocycles. The summed E-state index contributed by atoms with van der Waals surface area (Å²) in [7, 11) is 1.32. The first-order chi connectivity index (χ1) is 11.9. The van der Waals surface area contributed by atoms with Crippen LogP contribution in [0, 0.1) is 10.1 Å². The molecule has 1 heterocycles. The van der Waals surface area contributed by atoms with Gasteiger partial charge in [0.25, 0.3) is 11.5 Å². The van der Waals surface area contributed by atoms with E-state index >= 15 is 0 Å². The summed E-state index contributed by atoms with van der Waals surface area (Å²) < 4.78 is 6.34. The number of rotatable bonds is 7. The van der Waals surface area contributed by atoms with Crippen LogP contribution in [-0.2, 0) is 6.54 Å². The maximum absolute atomic E-state index is 12.1. The number of methoxy groups -OCH3 is 1. The van der Waals surface area contributed by atoms with Crippen LogP contribution in [0.5, 0.6) is 5.75 Å². The highest BCUT2D eigenvalue weighted by atomic mass is 35.5. The van der Waals surface area contributed by atoms with Crippen molar-refractivity contribution in [1.82, 2.24) is 9.88 Å². The van der Waals surface area contributed by atoms with Crippen molar-refractivity contribution in [3.63, 3.8) is 0 Å². The van der Waals surface area contributed by atoms with Crippen molar-refractivity contribution in [2.24, 2.45) is 0 Å². The van der Waals surface area contributed by atoms with E-state index in [-0.39, 0.29) is 22.6 Å². The van der Waals surface area contributed by atoms with Crippen molar-refractivity contribution in [3.05, 3.63) is 67.6 Å². The number of nitrogens with zero attached hydrogens (tertiary/aromatic N) is 2. The van der Waals surface area contributed by atoms with E-state index in [0.717, 1.165) is 6.07 Å². The summed E-state index contributed by atoms with van der Waals surface area (Å²) in [5, 5.41) is 14.1. The first-order valence-corrected chi connectivity index (χ1v) is 7.77. The smallest absolute Gasteiger partial charge is 0.311 e. The third kappa shape index (κ3) is 4.80. The molecule has 2 rings (SSSR count). The molecule has 132 valence electrons. The van der Waals surface area contributed by atoms with Gasteiger partial charge in [0, 0.05) is 37.0 Å². The number of carbonyl (C=O) groups excluding carboxylic acids is 1. The number of nitro groups is 1. The van der Waals surface area contributed by atoms with E-state index in [2.05, 4.69) is 5.32 Å². The molecule has 1 aromatic heterocycles. The maximum Gasteiger partial charge on any atom is 0.311 e. The predicted octanol–water partition coefficient (Wildman–Crippen LogP) is 2.24. The van der Waals surface area contributed by atoms with Crippen molar-refractivity contribution < 1.29 is 14.5 Å². The Balaban J connectivity index is 1.94. The molecule has 0 bridgehead atoms. The lowest BCUT2D eigenvalue weighted by Gasteiger charge is -2.08. The van der Waals surface area contributed by atoms with Crippen LogP contribution in [0.4, 0.5) is 5.69 Å². The molecule has 0 saturated carbocycles. The minimum Gasteiger partial charge on any atom is -0.490 e. The standard InChI is InChI=1S/C16H16ClN3O5/c1-25-14-5-3-11(9-13(14)20(23)24)16(22)18-7-2-8-19-10-12(17)4-6-15(19)21/h3-6,9-10H,2,7-8H2,1H3,(H,18,22). The molecule has 9 heteroatoms. The van der Waals surface area contributed by atoms with Gasteiger partial charge in [0.15, 0.2) is 5.75 Å². The number of aromatic nitrogens is 1. The Bertz CT molecular complexity index is 850. The first kappa shape index (κ1) is 18.5. The summed E-state index contributed by atoms with van der Waals surface area (Å²) in [5.74, 6) is -0.355. The largest absolute Gasteiger partial charge is 0.490 e. The molecule has 1 amide bonds. The lowest BCUT2D eigenvalue weighted by molar-refractivity contribution is -0.385. The van der Waals surface area contributed by atoms with Gasteiger partial charge in [0.2, 0.25) is 0 Å². The molecule has 25 heavy (non-hydrogen) atoms. The number of halogens is 1. The molecule has 0 radical (unpaired) electrons. The number of ether oxygens (including phenoxy) is 1. The van der Waals surface area contributed by atoms with E-state index in [0.29, 0.717) is 24.5 Å². The molecule has 0 saturated heterocycles. The summed E-state index contributed by atoms with van der Waals surface area (Å²) in [5.41, 5.74) is -0.297. The van der Waals surface area contributed by atoms with E-state index in [1.54, 1.807) is 0 Å². The highest BCUT2D eigenvalue weighted by Crippen LogP contribution is 2.27. The fraction of sp³-hybridized carbons (Fsp3) is 0.250. The summed E-state index contributed by atoms with van der Waals surface area (Å²) in [4.78, 5) is 34.1. The Morgan fingerprint density at radius 3 is 2.80 bits per heavy atom. The lowest BCUT2D eigenvalue weighted by Crippen LogP contribution is -2.27. The molecule has 1 N–H and O–H groups in total. The fourth-order valence-corrected chi connectivity index (χ4v) is 2.38. The van der Waals surface area contributed by atoms with Gasteiger partial charge in [0.05, 0.1) is 17.1 Å². The Kier molecular flexibility index (Phi) is 6.13. The Morgan fingerprint density at radius 2 is 2.12 bits per heavy atom. The molecule has 0 aliphatic carbocycles. The van der Waals surface area contributed by atoms with Crippen LogP contribution in [0.3, 0.4) is 0 Å². The molecular formula is C16H16ClN3O5. The molecule has 2 aromatic rings. The maximum atomic E-state index is 12.1. The van der Waals surface area contributed by atoms with Gasteiger partial charge in [0.1, 0.15) is 0 Å². The number of aryl methyl sites for hydroxylation is 1. The van der Waals surface area contributed by atoms with Gasteiger partial charge in [-0.1, -0.05) is 11.6 Å². The summed E-state index contributed by atoms with van der Waals surface area (Å²) in [6, 6.07) is 6.87. The topological polar surface area (TPSA) is 103 Å². The van der Waals surface area contributed by atoms with Crippen molar-refractivity contribution in [2.75, 3.05) is 13.7 Å². The number of amides is 1. The number of nitrogens with one attached hydrogen (secondary N) is 1. The van der Waals surface area contributed by atoms with Crippen molar-refractivity contribution in [3.8, 4) is 5.75 Å². The van der Waals surface area contributed by atoms with E-state index in [4.69, 9.17) is 16.3 Å². The zero-order chi connectivity index (χ0) is 18.4. The normalized spacial score (nSPS) is 10.3. The SMILES string of the molecule is COc1ccc(C(=O)NCCCn2cc(Cl)ccc2=O)cc1[N+](=O)[O-]. The molecule has 0 atom stereocenters. The molecule has 0 aliphatic rings. The lowest BCUT2D eigenvalue weighted by atomic mass is 10.1. The number of benzene rings is 1. The van der Waals surface area contributed by atoms with Crippen LogP contribution in [0.25, 0.3) is 0 Å². The molecule has 0 fully saturated rings. The molecular weight excluding hydrogens is 350 g/mol. The average molecular weight is 366 g/mol. The Hall–Kier alpha value is -2.87. The van der Waals surface area contributed by atoms with E-state index in [9.17, 15) is 19.7 Å². The summed E-state index contributed by atoms with van der Waals surface area (Å²) in [6.45, 7) is 0.694. The number of hydrogen-bond donors (Lipinski definition) is 1. The quantitative estimate of drug-likeness (QED) is 0.460. The van der Waals surface area contributed by atoms with Crippen LogP contribution in [0.1, 0.15) is 16.8 Å². The van der Waals surface area contributed by atoms with E-state index in [1.165, 1.54) is 42.1 Å². The van der Waals surface area contributed by atoms with Gasteiger partial charge in [-0.05, 0) is 24.6 Å². The van der Waals surface area contributed by atoms with Crippen molar-refractivity contribution in [2.45, 2.75) is 13.0 Å². The van der Waals surface area contributed by atoms with Crippen molar-refractivity contribution >= 4 is 23.2 Å². The van der Waals surface area contributed by atoms with Crippen LogP contribution in [0.2, 0.25) is 5.02 Å².